The third-order valence-electron chi connectivity index (χ3n) is 6.70. The molecule has 0 aliphatic carbocycles. The number of carbonyl (C=O) groups excluding carboxylic acids is 2. The summed E-state index contributed by atoms with van der Waals surface area (Å²) in [6, 6.07) is 22.8. The molecule has 1 aliphatic heterocycles. The van der Waals surface area contributed by atoms with E-state index in [4.69, 9.17) is 9.15 Å². The van der Waals surface area contributed by atoms with E-state index < -0.39 is 0 Å². The number of amides is 2. The smallest absolute Gasteiger partial charge is 0.253 e. The van der Waals surface area contributed by atoms with E-state index in [0.717, 1.165) is 35.2 Å². The maximum absolute atomic E-state index is 13.1. The van der Waals surface area contributed by atoms with Crippen molar-refractivity contribution >= 4 is 22.9 Å². The summed E-state index contributed by atoms with van der Waals surface area (Å²) in [5.41, 5.74) is 3.76. The van der Waals surface area contributed by atoms with E-state index in [1.54, 1.807) is 19.2 Å². The van der Waals surface area contributed by atoms with Crippen LogP contribution < -0.4 is 10.1 Å². The Morgan fingerprint density at radius 1 is 1.03 bits per heavy atom. The number of methoxy groups -OCH3 is 1. The SMILES string of the molecule is COc1ccccc1CNC(=O)CC1CCN(C(=O)c2ccc3nc(-c4ccccc4)oc3c2)CC1. The zero-order valence-electron chi connectivity index (χ0n) is 20.3. The number of aromatic nitrogens is 1. The van der Waals surface area contributed by atoms with Gasteiger partial charge in [0.2, 0.25) is 11.8 Å². The highest BCUT2D eigenvalue weighted by molar-refractivity contribution is 5.97. The number of fused-ring (bicyclic) bond motifs is 1. The van der Waals surface area contributed by atoms with Crippen molar-refractivity contribution in [2.24, 2.45) is 5.92 Å². The van der Waals surface area contributed by atoms with Crippen LogP contribution in [0.25, 0.3) is 22.6 Å². The largest absolute Gasteiger partial charge is 0.496 e. The summed E-state index contributed by atoms with van der Waals surface area (Å²) in [5.74, 6) is 1.57. The summed E-state index contributed by atoms with van der Waals surface area (Å²) in [4.78, 5) is 32.0. The van der Waals surface area contributed by atoms with Crippen molar-refractivity contribution in [3.05, 3.63) is 83.9 Å². The lowest BCUT2D eigenvalue weighted by Crippen LogP contribution is -2.39. The second-order valence-electron chi connectivity index (χ2n) is 9.10. The molecule has 1 aromatic heterocycles. The van der Waals surface area contributed by atoms with Gasteiger partial charge in [0.25, 0.3) is 5.91 Å². The zero-order chi connectivity index (χ0) is 24.9. The number of nitrogens with zero attached hydrogens (tertiary/aromatic N) is 2. The normalized spacial score (nSPS) is 14.1. The van der Waals surface area contributed by atoms with Gasteiger partial charge in [-0.2, -0.15) is 0 Å². The Balaban J connectivity index is 1.14. The molecule has 2 amide bonds. The highest BCUT2D eigenvalue weighted by Crippen LogP contribution is 2.27. The van der Waals surface area contributed by atoms with Gasteiger partial charge in [-0.3, -0.25) is 9.59 Å². The molecule has 0 radical (unpaired) electrons. The number of oxazole rings is 1. The minimum absolute atomic E-state index is 0.0198. The minimum Gasteiger partial charge on any atom is -0.496 e. The lowest BCUT2D eigenvalue weighted by molar-refractivity contribution is -0.122. The van der Waals surface area contributed by atoms with Crippen LogP contribution in [0.4, 0.5) is 0 Å². The van der Waals surface area contributed by atoms with Crippen molar-refractivity contribution in [2.75, 3.05) is 20.2 Å². The molecular formula is C29H29N3O4. The lowest BCUT2D eigenvalue weighted by atomic mass is 9.92. The molecule has 184 valence electrons. The average molecular weight is 484 g/mol. The minimum atomic E-state index is -0.0198. The summed E-state index contributed by atoms with van der Waals surface area (Å²) in [7, 11) is 1.63. The first-order valence-corrected chi connectivity index (χ1v) is 12.2. The number of hydrogen-bond acceptors (Lipinski definition) is 5. The molecule has 5 rings (SSSR count). The fourth-order valence-corrected chi connectivity index (χ4v) is 4.66. The molecule has 7 heteroatoms. The van der Waals surface area contributed by atoms with E-state index >= 15 is 0 Å². The molecule has 0 unspecified atom stereocenters. The average Bonchev–Trinajstić information content (AvgIpc) is 3.36. The molecule has 1 saturated heterocycles. The quantitative estimate of drug-likeness (QED) is 0.397. The Hall–Kier alpha value is -4.13. The first-order valence-electron chi connectivity index (χ1n) is 12.2. The maximum Gasteiger partial charge on any atom is 0.253 e. The first-order chi connectivity index (χ1) is 17.6. The van der Waals surface area contributed by atoms with E-state index in [0.29, 0.717) is 43.1 Å². The maximum atomic E-state index is 13.1. The number of likely N-dealkylation sites (tertiary alicyclic amines) is 1. The summed E-state index contributed by atoms with van der Waals surface area (Å²) in [5, 5.41) is 3.00. The lowest BCUT2D eigenvalue weighted by Gasteiger charge is -2.31. The molecule has 1 fully saturated rings. The molecule has 7 nitrogen and oxygen atoms in total. The van der Waals surface area contributed by atoms with Gasteiger partial charge >= 0.3 is 0 Å². The van der Waals surface area contributed by atoms with Gasteiger partial charge in [0.05, 0.1) is 7.11 Å². The molecule has 1 aliphatic rings. The predicted octanol–water partition coefficient (Wildman–Crippen LogP) is 5.06. The van der Waals surface area contributed by atoms with Crippen molar-refractivity contribution in [3.8, 4) is 17.2 Å². The Bertz CT molecular complexity index is 1360. The molecule has 0 spiro atoms. The van der Waals surface area contributed by atoms with Gasteiger partial charge in [0.1, 0.15) is 11.3 Å². The number of piperidine rings is 1. The number of benzene rings is 3. The number of rotatable bonds is 7. The van der Waals surface area contributed by atoms with Crippen LogP contribution >= 0.6 is 0 Å². The van der Waals surface area contributed by atoms with E-state index in [2.05, 4.69) is 10.3 Å². The zero-order valence-corrected chi connectivity index (χ0v) is 20.3. The van der Waals surface area contributed by atoms with Crippen LogP contribution in [0.5, 0.6) is 5.75 Å². The highest BCUT2D eigenvalue weighted by Gasteiger charge is 2.25. The highest BCUT2D eigenvalue weighted by atomic mass is 16.5. The number of para-hydroxylation sites is 1. The molecule has 1 N–H and O–H groups in total. The van der Waals surface area contributed by atoms with Crippen LogP contribution in [0.2, 0.25) is 0 Å². The van der Waals surface area contributed by atoms with Crippen LogP contribution in [-0.4, -0.2) is 41.9 Å². The molecule has 0 saturated carbocycles. The number of ether oxygens (including phenoxy) is 1. The fraction of sp³-hybridized carbons (Fsp3) is 0.276. The second-order valence-corrected chi connectivity index (χ2v) is 9.10. The van der Waals surface area contributed by atoms with Crippen LogP contribution in [-0.2, 0) is 11.3 Å². The van der Waals surface area contributed by atoms with E-state index in [-0.39, 0.29) is 17.7 Å². The first kappa shape index (κ1) is 23.6. The molecule has 0 atom stereocenters. The third-order valence-corrected chi connectivity index (χ3v) is 6.70. The number of nitrogens with one attached hydrogen (secondary N) is 1. The third kappa shape index (κ3) is 5.25. The summed E-state index contributed by atoms with van der Waals surface area (Å²) >= 11 is 0. The number of hydrogen-bond donors (Lipinski definition) is 1. The summed E-state index contributed by atoms with van der Waals surface area (Å²) < 4.78 is 11.3. The second kappa shape index (κ2) is 10.6. The number of carbonyl (C=O) groups is 2. The van der Waals surface area contributed by atoms with Gasteiger partial charge in [0, 0.05) is 42.7 Å². The Kier molecular flexibility index (Phi) is 6.98. The molecule has 3 aromatic carbocycles. The van der Waals surface area contributed by atoms with Gasteiger partial charge in [-0.05, 0) is 55.2 Å². The van der Waals surface area contributed by atoms with Gasteiger partial charge in [-0.25, -0.2) is 4.98 Å². The molecule has 36 heavy (non-hydrogen) atoms. The van der Waals surface area contributed by atoms with Crippen LogP contribution in [0.15, 0.2) is 77.2 Å². The molecular weight excluding hydrogens is 454 g/mol. The van der Waals surface area contributed by atoms with Gasteiger partial charge in [-0.1, -0.05) is 36.4 Å². The van der Waals surface area contributed by atoms with Crippen LogP contribution in [0, 0.1) is 5.92 Å². The molecule has 4 aromatic rings. The van der Waals surface area contributed by atoms with Crippen molar-refractivity contribution in [1.29, 1.82) is 0 Å². The van der Waals surface area contributed by atoms with Crippen molar-refractivity contribution in [1.82, 2.24) is 15.2 Å². The predicted molar refractivity (Wildman–Crippen MR) is 138 cm³/mol. The van der Waals surface area contributed by atoms with Crippen LogP contribution in [0.3, 0.4) is 0 Å². The summed E-state index contributed by atoms with van der Waals surface area (Å²) in [6.45, 7) is 1.70. The van der Waals surface area contributed by atoms with Crippen molar-refractivity contribution in [3.63, 3.8) is 0 Å². The molecule has 0 bridgehead atoms. The topological polar surface area (TPSA) is 84.7 Å². The Morgan fingerprint density at radius 2 is 1.78 bits per heavy atom. The van der Waals surface area contributed by atoms with Crippen LogP contribution in [0.1, 0.15) is 35.2 Å². The van der Waals surface area contributed by atoms with E-state index in [1.165, 1.54) is 0 Å². The standard InChI is InChI=1S/C29H29N3O4/c1-35-25-10-6-5-9-23(25)19-30-27(33)17-20-13-15-32(16-14-20)29(34)22-11-12-24-26(18-22)36-28(31-24)21-7-3-2-4-8-21/h2-12,18,20H,13-17,19H2,1H3,(H,30,33). The fourth-order valence-electron chi connectivity index (χ4n) is 4.66. The Labute approximate surface area is 210 Å². The van der Waals surface area contributed by atoms with Gasteiger partial charge in [-0.15, -0.1) is 0 Å². The van der Waals surface area contributed by atoms with Crippen molar-refractivity contribution in [2.45, 2.75) is 25.8 Å². The Morgan fingerprint density at radius 3 is 2.56 bits per heavy atom. The van der Waals surface area contributed by atoms with Crippen molar-refractivity contribution < 1.29 is 18.7 Å². The monoisotopic (exact) mass is 483 g/mol. The van der Waals surface area contributed by atoms with Gasteiger partial charge in [0.15, 0.2) is 5.58 Å². The van der Waals surface area contributed by atoms with E-state index in [9.17, 15) is 9.59 Å². The van der Waals surface area contributed by atoms with E-state index in [1.807, 2.05) is 65.6 Å². The molecule has 2 heterocycles. The summed E-state index contributed by atoms with van der Waals surface area (Å²) in [6.07, 6.45) is 2.07. The van der Waals surface area contributed by atoms with Gasteiger partial charge < -0.3 is 19.4 Å².